The molecule has 2 saturated heterocycles. The van der Waals surface area contributed by atoms with Crippen LogP contribution in [0.5, 0.6) is 0 Å². The minimum Gasteiger partial charge on any atom is -0.393 e. The zero-order chi connectivity index (χ0) is 22.6. The van der Waals surface area contributed by atoms with Crippen LogP contribution in [-0.2, 0) is 10.0 Å². The lowest BCUT2D eigenvalue weighted by Gasteiger charge is -2.36. The predicted octanol–water partition coefficient (Wildman–Crippen LogP) is 4.98. The van der Waals surface area contributed by atoms with E-state index in [0.29, 0.717) is 40.0 Å². The van der Waals surface area contributed by atoms with E-state index in [1.807, 2.05) is 0 Å². The Bertz CT molecular complexity index is 1290. The molecule has 5 rings (SSSR count). The number of aromatic amines is 1. The van der Waals surface area contributed by atoms with E-state index in [1.165, 1.54) is 16.4 Å². The lowest BCUT2D eigenvalue weighted by atomic mass is 10.0. The number of aliphatic hydroxyl groups is 1. The maximum atomic E-state index is 13.9. The Labute approximate surface area is 198 Å². The van der Waals surface area contributed by atoms with Gasteiger partial charge in [-0.25, -0.2) is 17.8 Å². The summed E-state index contributed by atoms with van der Waals surface area (Å²) in [4.78, 5) is 7.51. The molecule has 0 amide bonds. The number of fused-ring (bicyclic) bond motifs is 2. The fraction of sp³-hybridized carbons (Fsp3) is 0.318. The molecule has 32 heavy (non-hydrogen) atoms. The monoisotopic (exact) mass is 539 g/mol. The Kier molecular flexibility index (Phi) is 5.66. The summed E-state index contributed by atoms with van der Waals surface area (Å²) < 4.78 is 42.9. The van der Waals surface area contributed by atoms with Crippen molar-refractivity contribution >= 4 is 37.6 Å². The van der Waals surface area contributed by atoms with E-state index in [1.54, 1.807) is 30.5 Å². The van der Waals surface area contributed by atoms with E-state index < -0.39 is 16.1 Å². The normalized spacial score (nSPS) is 23.6. The van der Waals surface area contributed by atoms with Gasteiger partial charge in [-0.05, 0) is 71.9 Å². The van der Waals surface area contributed by atoms with Crippen molar-refractivity contribution in [2.24, 2.45) is 0 Å². The highest BCUT2D eigenvalue weighted by Crippen LogP contribution is 2.41. The third-order valence-corrected chi connectivity index (χ3v) is 9.34. The SMILES string of the molecule is O=S(=O)(c1cc(-c2ncc(-c3ccc(Br)c(F)c3)[nH]2)ccc1Cl)N1C2CCC1CC(O)C2. The van der Waals surface area contributed by atoms with Crippen molar-refractivity contribution in [1.82, 2.24) is 14.3 Å². The number of hydrogen-bond donors (Lipinski definition) is 2. The molecule has 2 aliphatic rings. The van der Waals surface area contributed by atoms with E-state index in [-0.39, 0.29) is 27.8 Å². The van der Waals surface area contributed by atoms with E-state index in [9.17, 15) is 17.9 Å². The number of halogens is 3. The number of piperidine rings is 1. The van der Waals surface area contributed by atoms with Crippen molar-refractivity contribution < 1.29 is 17.9 Å². The van der Waals surface area contributed by atoms with Gasteiger partial charge in [0.1, 0.15) is 16.5 Å². The summed E-state index contributed by atoms with van der Waals surface area (Å²) in [5.74, 6) is 0.0632. The van der Waals surface area contributed by atoms with Gasteiger partial charge < -0.3 is 10.1 Å². The van der Waals surface area contributed by atoms with Crippen LogP contribution in [0, 0.1) is 5.82 Å². The van der Waals surface area contributed by atoms with E-state index in [2.05, 4.69) is 25.9 Å². The zero-order valence-corrected chi connectivity index (χ0v) is 20.0. The second-order valence-corrected chi connectivity index (χ2v) is 11.3. The number of imidazole rings is 1. The van der Waals surface area contributed by atoms with E-state index >= 15 is 0 Å². The Hall–Kier alpha value is -1.78. The van der Waals surface area contributed by atoms with Gasteiger partial charge in [0.2, 0.25) is 10.0 Å². The first kappa shape index (κ1) is 22.0. The molecule has 10 heteroatoms. The summed E-state index contributed by atoms with van der Waals surface area (Å²) in [6.45, 7) is 0. The third kappa shape index (κ3) is 3.80. The first-order valence-electron chi connectivity index (χ1n) is 10.3. The molecule has 2 fully saturated rings. The van der Waals surface area contributed by atoms with Crippen molar-refractivity contribution in [3.8, 4) is 22.6 Å². The van der Waals surface area contributed by atoms with E-state index in [0.717, 1.165) is 12.8 Å². The standard InChI is InChI=1S/C22H20BrClFN3O3S/c23-17-5-1-12(7-19(17)25)20-11-26-22(27-20)13-2-6-18(24)21(8-13)32(30,31)28-14-3-4-15(28)10-16(29)9-14/h1-2,5-8,11,14-16,29H,3-4,9-10H2,(H,26,27). The topological polar surface area (TPSA) is 86.3 Å². The molecule has 1 aromatic heterocycles. The van der Waals surface area contributed by atoms with Gasteiger partial charge >= 0.3 is 0 Å². The molecule has 168 valence electrons. The lowest BCUT2D eigenvalue weighted by molar-refractivity contribution is 0.0769. The summed E-state index contributed by atoms with van der Waals surface area (Å²) in [5, 5.41) is 10.2. The molecule has 6 nitrogen and oxygen atoms in total. The fourth-order valence-electron chi connectivity index (χ4n) is 4.74. The smallest absolute Gasteiger partial charge is 0.245 e. The Morgan fingerprint density at radius 1 is 1.12 bits per heavy atom. The molecule has 2 N–H and O–H groups in total. The van der Waals surface area contributed by atoms with Crippen molar-refractivity contribution in [3.05, 3.63) is 57.9 Å². The lowest BCUT2D eigenvalue weighted by Crippen LogP contribution is -2.47. The fourth-order valence-corrected chi connectivity index (χ4v) is 7.38. The van der Waals surface area contributed by atoms with Crippen molar-refractivity contribution in [2.45, 2.75) is 48.8 Å². The van der Waals surface area contributed by atoms with Gasteiger partial charge in [-0.3, -0.25) is 0 Å². The molecule has 0 radical (unpaired) electrons. The number of sulfonamides is 1. The summed E-state index contributed by atoms with van der Waals surface area (Å²) in [6, 6.07) is 9.09. The van der Waals surface area contributed by atoms with Crippen LogP contribution >= 0.6 is 27.5 Å². The largest absolute Gasteiger partial charge is 0.393 e. The molecule has 2 unspecified atom stereocenters. The minimum absolute atomic E-state index is 0.0255. The number of H-pyrrole nitrogens is 1. The molecular formula is C22H20BrClFN3O3S. The first-order valence-corrected chi connectivity index (χ1v) is 12.9. The molecule has 2 bridgehead atoms. The molecule has 3 aromatic rings. The molecule has 3 heterocycles. The van der Waals surface area contributed by atoms with Crippen LogP contribution in [0.3, 0.4) is 0 Å². The van der Waals surface area contributed by atoms with Crippen molar-refractivity contribution in [1.29, 1.82) is 0 Å². The number of aromatic nitrogens is 2. The van der Waals surface area contributed by atoms with Gasteiger partial charge in [0.25, 0.3) is 0 Å². The quantitative estimate of drug-likeness (QED) is 0.489. The van der Waals surface area contributed by atoms with Crippen LogP contribution in [-0.4, -0.2) is 46.0 Å². The maximum absolute atomic E-state index is 13.9. The summed E-state index contributed by atoms with van der Waals surface area (Å²) in [7, 11) is -3.84. The Morgan fingerprint density at radius 2 is 1.81 bits per heavy atom. The van der Waals surface area contributed by atoms with Crippen LogP contribution < -0.4 is 0 Å². The number of nitrogens with one attached hydrogen (secondary N) is 1. The molecule has 2 aromatic carbocycles. The highest BCUT2D eigenvalue weighted by Gasteiger charge is 2.47. The molecule has 0 saturated carbocycles. The minimum atomic E-state index is -3.84. The average Bonchev–Trinajstić information content (AvgIpc) is 3.34. The van der Waals surface area contributed by atoms with Gasteiger partial charge in [0.05, 0.1) is 27.5 Å². The van der Waals surface area contributed by atoms with Gasteiger partial charge in [-0.2, -0.15) is 4.31 Å². The average molecular weight is 541 g/mol. The summed E-state index contributed by atoms with van der Waals surface area (Å²) in [5.41, 5.74) is 1.78. The highest BCUT2D eigenvalue weighted by atomic mass is 79.9. The van der Waals surface area contributed by atoms with Crippen LogP contribution in [0.2, 0.25) is 5.02 Å². The molecule has 2 atom stereocenters. The Balaban J connectivity index is 1.50. The molecule has 0 spiro atoms. The third-order valence-electron chi connectivity index (χ3n) is 6.21. The first-order chi connectivity index (χ1) is 15.2. The molecule has 2 aliphatic heterocycles. The number of nitrogens with zero attached hydrogens (tertiary/aromatic N) is 2. The van der Waals surface area contributed by atoms with Crippen LogP contribution in [0.1, 0.15) is 25.7 Å². The molecule has 0 aliphatic carbocycles. The van der Waals surface area contributed by atoms with Crippen LogP contribution in [0.25, 0.3) is 22.6 Å². The summed E-state index contributed by atoms with van der Waals surface area (Å²) >= 11 is 9.47. The van der Waals surface area contributed by atoms with Crippen LogP contribution in [0.4, 0.5) is 4.39 Å². The van der Waals surface area contributed by atoms with Gasteiger partial charge in [0.15, 0.2) is 0 Å². The highest BCUT2D eigenvalue weighted by molar-refractivity contribution is 9.10. The van der Waals surface area contributed by atoms with Gasteiger partial charge in [-0.15, -0.1) is 0 Å². The second-order valence-electron chi connectivity index (χ2n) is 8.26. The van der Waals surface area contributed by atoms with E-state index in [4.69, 9.17) is 11.6 Å². The summed E-state index contributed by atoms with van der Waals surface area (Å²) in [6.07, 6.45) is 3.47. The van der Waals surface area contributed by atoms with Crippen molar-refractivity contribution in [3.63, 3.8) is 0 Å². The number of benzene rings is 2. The van der Waals surface area contributed by atoms with Crippen molar-refractivity contribution in [2.75, 3.05) is 0 Å². The number of hydrogen-bond acceptors (Lipinski definition) is 4. The predicted molar refractivity (Wildman–Crippen MR) is 123 cm³/mol. The number of aliphatic hydroxyl groups excluding tert-OH is 1. The number of rotatable bonds is 4. The maximum Gasteiger partial charge on any atom is 0.245 e. The zero-order valence-electron chi connectivity index (χ0n) is 16.8. The Morgan fingerprint density at radius 3 is 2.50 bits per heavy atom. The van der Waals surface area contributed by atoms with Gasteiger partial charge in [-0.1, -0.05) is 17.7 Å². The van der Waals surface area contributed by atoms with Crippen LogP contribution in [0.15, 0.2) is 52.0 Å². The second kappa shape index (κ2) is 8.22. The molecular weight excluding hydrogens is 521 g/mol. The van der Waals surface area contributed by atoms with Gasteiger partial charge in [0, 0.05) is 23.2 Å².